The highest BCUT2D eigenvalue weighted by Gasteiger charge is 2.25. The van der Waals surface area contributed by atoms with Crippen LogP contribution in [0.4, 0.5) is 0 Å². The third-order valence-corrected chi connectivity index (χ3v) is 4.00. The fourth-order valence-electron chi connectivity index (χ4n) is 2.29. The standard InChI is InChI=1S/C17H21ClN2O2/c1-11(2)16-15(19-10-22-16)17(21)20(4)12(3)9-13-5-7-14(18)8-6-13/h5-8,10-12H,9H2,1-4H3. The van der Waals surface area contributed by atoms with Crippen molar-refractivity contribution < 1.29 is 9.21 Å². The number of carbonyl (C=O) groups excluding carboxylic acids is 1. The number of benzene rings is 1. The van der Waals surface area contributed by atoms with Gasteiger partial charge in [0, 0.05) is 24.0 Å². The predicted molar refractivity (Wildman–Crippen MR) is 87.3 cm³/mol. The zero-order valence-electron chi connectivity index (χ0n) is 13.3. The van der Waals surface area contributed by atoms with Crippen LogP contribution < -0.4 is 0 Å². The van der Waals surface area contributed by atoms with E-state index in [1.54, 1.807) is 11.9 Å². The number of nitrogens with zero attached hydrogens (tertiary/aromatic N) is 2. The number of aromatic nitrogens is 1. The Balaban J connectivity index is 2.09. The first-order valence-corrected chi connectivity index (χ1v) is 7.73. The van der Waals surface area contributed by atoms with E-state index in [-0.39, 0.29) is 17.9 Å². The summed E-state index contributed by atoms with van der Waals surface area (Å²) in [4.78, 5) is 18.4. The van der Waals surface area contributed by atoms with Gasteiger partial charge in [-0.3, -0.25) is 4.79 Å². The summed E-state index contributed by atoms with van der Waals surface area (Å²) >= 11 is 5.89. The molecular formula is C17H21ClN2O2. The first kappa shape index (κ1) is 16.6. The smallest absolute Gasteiger partial charge is 0.276 e. The molecule has 0 bridgehead atoms. The molecular weight excluding hydrogens is 300 g/mol. The lowest BCUT2D eigenvalue weighted by molar-refractivity contribution is 0.0735. The lowest BCUT2D eigenvalue weighted by Crippen LogP contribution is -2.37. The summed E-state index contributed by atoms with van der Waals surface area (Å²) in [6.07, 6.45) is 2.09. The average molecular weight is 321 g/mol. The highest BCUT2D eigenvalue weighted by atomic mass is 35.5. The van der Waals surface area contributed by atoms with E-state index < -0.39 is 0 Å². The summed E-state index contributed by atoms with van der Waals surface area (Å²) in [5, 5.41) is 0.713. The Kier molecular flexibility index (Phi) is 5.24. The lowest BCUT2D eigenvalue weighted by Gasteiger charge is -2.24. The summed E-state index contributed by atoms with van der Waals surface area (Å²) in [7, 11) is 1.79. The van der Waals surface area contributed by atoms with Gasteiger partial charge in [-0.15, -0.1) is 0 Å². The Hall–Kier alpha value is -1.81. The van der Waals surface area contributed by atoms with Gasteiger partial charge >= 0.3 is 0 Å². The van der Waals surface area contributed by atoms with E-state index in [4.69, 9.17) is 16.0 Å². The molecule has 1 aromatic heterocycles. The van der Waals surface area contributed by atoms with Gasteiger partial charge in [-0.25, -0.2) is 4.98 Å². The predicted octanol–water partition coefficient (Wildman–Crippen LogP) is 4.15. The van der Waals surface area contributed by atoms with E-state index in [1.807, 2.05) is 45.0 Å². The van der Waals surface area contributed by atoms with Crippen LogP contribution in [0.2, 0.25) is 5.02 Å². The molecule has 0 saturated heterocycles. The Bertz CT molecular complexity index is 634. The summed E-state index contributed by atoms with van der Waals surface area (Å²) in [6, 6.07) is 7.73. The van der Waals surface area contributed by atoms with E-state index in [9.17, 15) is 4.79 Å². The molecule has 1 heterocycles. The van der Waals surface area contributed by atoms with Gasteiger partial charge in [0.1, 0.15) is 5.76 Å². The van der Waals surface area contributed by atoms with E-state index in [2.05, 4.69) is 4.98 Å². The Morgan fingerprint density at radius 2 is 1.91 bits per heavy atom. The van der Waals surface area contributed by atoms with Crippen LogP contribution in [-0.2, 0) is 6.42 Å². The maximum atomic E-state index is 12.6. The van der Waals surface area contributed by atoms with Crippen molar-refractivity contribution in [3.8, 4) is 0 Å². The third-order valence-electron chi connectivity index (χ3n) is 3.75. The summed E-state index contributed by atoms with van der Waals surface area (Å²) in [5.41, 5.74) is 1.54. The minimum Gasteiger partial charge on any atom is -0.447 e. The highest BCUT2D eigenvalue weighted by molar-refractivity contribution is 6.30. The van der Waals surface area contributed by atoms with Gasteiger partial charge in [-0.1, -0.05) is 37.6 Å². The normalized spacial score (nSPS) is 12.5. The molecule has 0 fully saturated rings. The Morgan fingerprint density at radius 1 is 1.27 bits per heavy atom. The van der Waals surface area contributed by atoms with Gasteiger partial charge in [0.15, 0.2) is 12.1 Å². The van der Waals surface area contributed by atoms with Crippen molar-refractivity contribution in [1.29, 1.82) is 0 Å². The largest absolute Gasteiger partial charge is 0.447 e. The molecule has 1 amide bonds. The van der Waals surface area contributed by atoms with Crippen molar-refractivity contribution in [3.63, 3.8) is 0 Å². The molecule has 4 nitrogen and oxygen atoms in total. The quantitative estimate of drug-likeness (QED) is 0.831. The fraction of sp³-hybridized carbons (Fsp3) is 0.412. The van der Waals surface area contributed by atoms with Crippen molar-refractivity contribution in [2.45, 2.75) is 39.2 Å². The number of hydrogen-bond acceptors (Lipinski definition) is 3. The number of oxazole rings is 1. The van der Waals surface area contributed by atoms with E-state index >= 15 is 0 Å². The van der Waals surface area contributed by atoms with Crippen LogP contribution in [0.1, 0.15) is 48.5 Å². The van der Waals surface area contributed by atoms with Crippen molar-refractivity contribution >= 4 is 17.5 Å². The molecule has 2 aromatic rings. The van der Waals surface area contributed by atoms with Crippen LogP contribution in [0.3, 0.4) is 0 Å². The number of rotatable bonds is 5. The van der Waals surface area contributed by atoms with Crippen molar-refractivity contribution in [3.05, 3.63) is 52.7 Å². The van der Waals surface area contributed by atoms with E-state index in [0.717, 1.165) is 12.0 Å². The lowest BCUT2D eigenvalue weighted by atomic mass is 10.0. The Labute approximate surface area is 136 Å². The summed E-state index contributed by atoms with van der Waals surface area (Å²) in [6.45, 7) is 5.98. The molecule has 0 aliphatic heterocycles. The van der Waals surface area contributed by atoms with Gasteiger partial charge in [-0.2, -0.15) is 0 Å². The van der Waals surface area contributed by atoms with Gasteiger partial charge in [0.2, 0.25) is 0 Å². The molecule has 0 aliphatic carbocycles. The second-order valence-corrected chi connectivity index (χ2v) is 6.25. The number of likely N-dealkylation sites (N-methyl/N-ethyl adjacent to an activating group) is 1. The van der Waals surface area contributed by atoms with Crippen LogP contribution in [0.5, 0.6) is 0 Å². The zero-order valence-corrected chi connectivity index (χ0v) is 14.1. The molecule has 1 aromatic carbocycles. The van der Waals surface area contributed by atoms with Crippen molar-refractivity contribution in [2.75, 3.05) is 7.05 Å². The van der Waals surface area contributed by atoms with Crippen molar-refractivity contribution in [1.82, 2.24) is 9.88 Å². The first-order valence-electron chi connectivity index (χ1n) is 7.35. The topological polar surface area (TPSA) is 46.3 Å². The number of amides is 1. The van der Waals surface area contributed by atoms with Crippen LogP contribution in [-0.4, -0.2) is 28.9 Å². The highest BCUT2D eigenvalue weighted by Crippen LogP contribution is 2.21. The molecule has 0 N–H and O–H groups in total. The van der Waals surface area contributed by atoms with Gasteiger partial charge in [0.05, 0.1) is 0 Å². The van der Waals surface area contributed by atoms with Crippen molar-refractivity contribution in [2.24, 2.45) is 0 Å². The fourth-order valence-corrected chi connectivity index (χ4v) is 2.42. The molecule has 0 aliphatic rings. The minimum absolute atomic E-state index is 0.0467. The number of halogens is 1. The number of carbonyl (C=O) groups is 1. The molecule has 118 valence electrons. The SMILES string of the molecule is CC(C)c1ocnc1C(=O)N(C)C(C)Cc1ccc(Cl)cc1. The Morgan fingerprint density at radius 3 is 2.50 bits per heavy atom. The van der Waals surface area contributed by atoms with Crippen LogP contribution in [0.15, 0.2) is 35.1 Å². The number of hydrogen-bond donors (Lipinski definition) is 0. The molecule has 1 unspecified atom stereocenters. The monoisotopic (exact) mass is 320 g/mol. The molecule has 5 heteroatoms. The minimum atomic E-state index is -0.112. The molecule has 0 spiro atoms. The zero-order chi connectivity index (χ0) is 16.3. The second-order valence-electron chi connectivity index (χ2n) is 5.82. The van der Waals surface area contributed by atoms with Gasteiger partial charge < -0.3 is 9.32 Å². The summed E-state index contributed by atoms with van der Waals surface area (Å²) < 4.78 is 5.34. The maximum absolute atomic E-state index is 12.6. The average Bonchev–Trinajstić information content (AvgIpc) is 2.97. The van der Waals surface area contributed by atoms with Gasteiger partial charge in [-0.05, 0) is 31.0 Å². The molecule has 0 saturated carbocycles. The van der Waals surface area contributed by atoms with Crippen LogP contribution >= 0.6 is 11.6 Å². The van der Waals surface area contributed by atoms with Crippen LogP contribution in [0, 0.1) is 0 Å². The molecule has 22 heavy (non-hydrogen) atoms. The maximum Gasteiger partial charge on any atom is 0.276 e. The van der Waals surface area contributed by atoms with Gasteiger partial charge in [0.25, 0.3) is 5.91 Å². The van der Waals surface area contributed by atoms with E-state index in [1.165, 1.54) is 6.39 Å². The molecule has 1 atom stereocenters. The summed E-state index contributed by atoms with van der Waals surface area (Å²) in [5.74, 6) is 0.649. The second kappa shape index (κ2) is 6.97. The first-order chi connectivity index (χ1) is 10.4. The van der Waals surface area contributed by atoms with Crippen LogP contribution in [0.25, 0.3) is 0 Å². The molecule has 0 radical (unpaired) electrons. The van der Waals surface area contributed by atoms with E-state index in [0.29, 0.717) is 16.5 Å². The molecule has 2 rings (SSSR count). The third kappa shape index (κ3) is 3.69.